The Morgan fingerprint density at radius 1 is 1.33 bits per heavy atom. The smallest absolute Gasteiger partial charge is 0 e. The monoisotopic (exact) mass is 167 g/mol. The molecule has 0 aliphatic heterocycles. The van der Waals surface area contributed by atoms with Gasteiger partial charge in [-0.05, 0) is 0 Å². The molecule has 0 bridgehead atoms. The van der Waals surface area contributed by atoms with Crippen molar-refractivity contribution in [1.82, 2.24) is 0 Å². The van der Waals surface area contributed by atoms with Crippen molar-refractivity contribution in [3.05, 3.63) is 0 Å². The maximum absolute atomic E-state index is 8.56. The molecule has 0 spiro atoms. The van der Waals surface area contributed by atoms with Crippen molar-refractivity contribution < 1.29 is 32.1 Å². The van der Waals surface area contributed by atoms with Gasteiger partial charge >= 0.3 is 43.9 Å². The van der Waals surface area contributed by atoms with Gasteiger partial charge in [0.15, 0.2) is 0 Å². The van der Waals surface area contributed by atoms with Gasteiger partial charge in [0, 0.05) is 17.1 Å². The Hall–Kier alpha value is 1.05. The third kappa shape index (κ3) is 75.2. The van der Waals surface area contributed by atoms with Crippen LogP contribution in [-0.2, 0) is 17.1 Å². The summed E-state index contributed by atoms with van der Waals surface area (Å²) in [6.45, 7) is 0. The van der Waals surface area contributed by atoms with Crippen molar-refractivity contribution in [1.29, 1.82) is 0 Å². The van der Waals surface area contributed by atoms with Crippen LogP contribution < -0.4 is 0 Å². The zero-order valence-corrected chi connectivity index (χ0v) is 3.05. The Bertz CT molecular complexity index is 33.8. The van der Waals surface area contributed by atoms with Crippen LogP contribution in [0.2, 0.25) is 0 Å². The third-order valence-electron chi connectivity index (χ3n) is 0. The van der Waals surface area contributed by atoms with Crippen LogP contribution in [0.3, 0.4) is 0 Å². The van der Waals surface area contributed by atoms with Crippen molar-refractivity contribution in [3.8, 4) is 0 Å². The van der Waals surface area contributed by atoms with E-state index >= 15 is 0 Å². The van der Waals surface area contributed by atoms with Crippen LogP contribution in [0.25, 0.3) is 0 Å². The molecule has 1 radical (unpaired) electrons. The Labute approximate surface area is 75.2 Å². The molecule has 0 amide bonds. The molecule has 39 valence electrons. The molecular formula is CH4CaCuO3. The fourth-order valence-corrected chi connectivity index (χ4v) is 0. The Kier molecular flexibility index (Phi) is 24.7. The predicted octanol–water partition coefficient (Wildman–Crippen LogP) is -0.696. The van der Waals surface area contributed by atoms with Gasteiger partial charge in [-0.15, -0.1) is 0 Å². The minimum absolute atomic E-state index is 0. The molecule has 0 aromatic heterocycles. The molecule has 0 fully saturated rings. The van der Waals surface area contributed by atoms with Crippen molar-refractivity contribution >= 4 is 43.9 Å². The molecule has 0 aliphatic carbocycles. The summed E-state index contributed by atoms with van der Waals surface area (Å²) in [6.07, 6.45) is -1.83. The summed E-state index contributed by atoms with van der Waals surface area (Å²) in [5.74, 6) is 0. The van der Waals surface area contributed by atoms with Crippen LogP contribution in [0.1, 0.15) is 0 Å². The molecule has 0 unspecified atom stereocenters. The molecule has 3 nitrogen and oxygen atoms in total. The van der Waals surface area contributed by atoms with Crippen molar-refractivity contribution in [2.45, 2.75) is 0 Å². The summed E-state index contributed by atoms with van der Waals surface area (Å²) in [6, 6.07) is 0. The average molecular weight is 168 g/mol. The molecule has 6 heavy (non-hydrogen) atoms. The maximum atomic E-state index is 8.56. The molecule has 5 heteroatoms. The van der Waals surface area contributed by atoms with E-state index in [2.05, 4.69) is 0 Å². The van der Waals surface area contributed by atoms with E-state index in [-0.39, 0.29) is 54.8 Å². The van der Waals surface area contributed by atoms with E-state index in [1.54, 1.807) is 0 Å². The minimum atomic E-state index is -1.83. The van der Waals surface area contributed by atoms with Gasteiger partial charge in [0.05, 0.1) is 0 Å². The zero-order valence-electron chi connectivity index (χ0n) is 2.10. The minimum Gasteiger partial charge on any atom is 0 e. The van der Waals surface area contributed by atoms with Gasteiger partial charge in [-0.1, -0.05) is 0 Å². The van der Waals surface area contributed by atoms with E-state index in [0.717, 1.165) is 0 Å². The Morgan fingerprint density at radius 2 is 1.33 bits per heavy atom. The molecule has 0 saturated heterocycles. The SMILES string of the molecule is O=C(O)O.[CaH2].[Cu]. The van der Waals surface area contributed by atoms with Gasteiger partial charge in [0.25, 0.3) is 0 Å². The second-order valence-electron chi connectivity index (χ2n) is 0.283. The van der Waals surface area contributed by atoms with E-state index in [1.165, 1.54) is 0 Å². The van der Waals surface area contributed by atoms with Gasteiger partial charge in [-0.2, -0.15) is 0 Å². The number of hydrogen-bond donors (Lipinski definition) is 2. The zero-order chi connectivity index (χ0) is 3.58. The van der Waals surface area contributed by atoms with E-state index in [9.17, 15) is 0 Å². The van der Waals surface area contributed by atoms with Gasteiger partial charge in [0.1, 0.15) is 0 Å². The van der Waals surface area contributed by atoms with Crippen LogP contribution in [0.4, 0.5) is 4.79 Å². The first-order valence-corrected chi connectivity index (χ1v) is 0.651. The van der Waals surface area contributed by atoms with Crippen LogP contribution in [0.5, 0.6) is 0 Å². The molecule has 0 aromatic rings. The summed E-state index contributed by atoms with van der Waals surface area (Å²) in [7, 11) is 0. The maximum Gasteiger partial charge on any atom is 0 e. The predicted molar refractivity (Wildman–Crippen MR) is 19.2 cm³/mol. The molecule has 0 aromatic carbocycles. The first-order chi connectivity index (χ1) is 1.73. The average Bonchev–Trinajstić information content (AvgIpc) is 0.811. The number of hydrogen-bond acceptors (Lipinski definition) is 1. The van der Waals surface area contributed by atoms with Gasteiger partial charge < -0.3 is 10.2 Å². The van der Waals surface area contributed by atoms with Gasteiger partial charge in [0.2, 0.25) is 0 Å². The molecule has 0 saturated carbocycles. The quantitative estimate of drug-likeness (QED) is 0.470. The van der Waals surface area contributed by atoms with E-state index < -0.39 is 6.16 Å². The van der Waals surface area contributed by atoms with Gasteiger partial charge in [-0.3, -0.25) is 0 Å². The summed E-state index contributed by atoms with van der Waals surface area (Å²) in [4.78, 5) is 8.56. The fraction of sp³-hybridized carbons (Fsp3) is 0. The molecule has 2 N–H and O–H groups in total. The summed E-state index contributed by atoms with van der Waals surface area (Å²) in [5.41, 5.74) is 0. The number of carbonyl (C=O) groups is 1. The van der Waals surface area contributed by atoms with Gasteiger partial charge in [-0.25, -0.2) is 4.79 Å². The number of carboxylic acid groups (broad SMARTS) is 2. The molecule has 0 atom stereocenters. The van der Waals surface area contributed by atoms with Crippen LogP contribution in [0.15, 0.2) is 0 Å². The normalized spacial score (nSPS) is 4.00. The summed E-state index contributed by atoms with van der Waals surface area (Å²) >= 11 is 0. The molecule has 0 rings (SSSR count). The van der Waals surface area contributed by atoms with E-state index in [4.69, 9.17) is 15.0 Å². The van der Waals surface area contributed by atoms with E-state index in [0.29, 0.717) is 0 Å². The summed E-state index contributed by atoms with van der Waals surface area (Å²) < 4.78 is 0. The second kappa shape index (κ2) is 9.41. The first kappa shape index (κ1) is 15.7. The van der Waals surface area contributed by atoms with Crippen molar-refractivity contribution in [2.75, 3.05) is 0 Å². The van der Waals surface area contributed by atoms with Crippen LogP contribution in [-0.4, -0.2) is 54.1 Å². The molecule has 0 heterocycles. The first-order valence-electron chi connectivity index (χ1n) is 0.651. The van der Waals surface area contributed by atoms with E-state index in [1.807, 2.05) is 0 Å². The molecule has 0 aliphatic rings. The third-order valence-corrected chi connectivity index (χ3v) is 0. The standard InChI is InChI=1S/CH2O3.Ca.Cu.2H/c2-1(3)4;;;;/h(H2,2,3,4);;;;. The second-order valence-corrected chi connectivity index (χ2v) is 0.283. The van der Waals surface area contributed by atoms with Crippen LogP contribution >= 0.6 is 0 Å². The molecular weight excluding hydrogens is 164 g/mol. The largest absolute Gasteiger partial charge is 0 e. The topological polar surface area (TPSA) is 57.5 Å². The van der Waals surface area contributed by atoms with Crippen LogP contribution in [0, 0.1) is 0 Å². The number of rotatable bonds is 0. The summed E-state index contributed by atoms with van der Waals surface area (Å²) in [5, 5.41) is 13.9. The van der Waals surface area contributed by atoms with Crippen molar-refractivity contribution in [2.24, 2.45) is 0 Å². The Morgan fingerprint density at radius 3 is 1.33 bits per heavy atom. The Balaban J connectivity index is -0.0000000450. The van der Waals surface area contributed by atoms with Crippen molar-refractivity contribution in [3.63, 3.8) is 0 Å². The fourth-order valence-electron chi connectivity index (χ4n) is 0.